The van der Waals surface area contributed by atoms with E-state index in [9.17, 15) is 13.2 Å². The van der Waals surface area contributed by atoms with Crippen LogP contribution in [0.5, 0.6) is 0 Å². The molecule has 3 aromatic rings. The Balaban J connectivity index is 1.74. The Bertz CT molecular complexity index is 1020. The monoisotopic (exact) mass is 358 g/mol. The van der Waals surface area contributed by atoms with Crippen LogP contribution >= 0.6 is 0 Å². The SMILES string of the molecule is CC(=O)Nc1ccc(S(=O)(=O)NCc2cn3cccc(C)c3n2)cc1. The molecule has 0 aliphatic heterocycles. The summed E-state index contributed by atoms with van der Waals surface area (Å²) in [4.78, 5) is 15.6. The highest BCUT2D eigenvalue weighted by Crippen LogP contribution is 2.15. The Morgan fingerprint density at radius 1 is 1.20 bits per heavy atom. The molecule has 0 atom stereocenters. The van der Waals surface area contributed by atoms with E-state index in [0.29, 0.717) is 11.4 Å². The van der Waals surface area contributed by atoms with E-state index in [1.54, 1.807) is 18.3 Å². The van der Waals surface area contributed by atoms with E-state index < -0.39 is 10.0 Å². The summed E-state index contributed by atoms with van der Waals surface area (Å²) in [5, 5.41) is 2.59. The minimum Gasteiger partial charge on any atom is -0.326 e. The number of nitrogens with zero attached hydrogens (tertiary/aromatic N) is 2. The van der Waals surface area contributed by atoms with Crippen molar-refractivity contribution in [1.29, 1.82) is 0 Å². The van der Waals surface area contributed by atoms with Gasteiger partial charge in [-0.05, 0) is 42.8 Å². The van der Waals surface area contributed by atoms with E-state index in [0.717, 1.165) is 11.2 Å². The average Bonchev–Trinajstić information content (AvgIpc) is 2.98. The summed E-state index contributed by atoms with van der Waals surface area (Å²) in [6.45, 7) is 3.44. The lowest BCUT2D eigenvalue weighted by molar-refractivity contribution is -0.114. The molecule has 0 bridgehead atoms. The number of aromatic nitrogens is 2. The number of hydrogen-bond donors (Lipinski definition) is 2. The first kappa shape index (κ1) is 17.1. The van der Waals surface area contributed by atoms with Gasteiger partial charge >= 0.3 is 0 Å². The van der Waals surface area contributed by atoms with Gasteiger partial charge in [0.05, 0.1) is 17.1 Å². The summed E-state index contributed by atoms with van der Waals surface area (Å²) in [6.07, 6.45) is 3.67. The van der Waals surface area contributed by atoms with Gasteiger partial charge in [0.25, 0.3) is 0 Å². The van der Waals surface area contributed by atoms with Crippen molar-refractivity contribution in [1.82, 2.24) is 14.1 Å². The molecule has 1 aromatic carbocycles. The van der Waals surface area contributed by atoms with Crippen LogP contribution in [0.2, 0.25) is 0 Å². The predicted molar refractivity (Wildman–Crippen MR) is 94.7 cm³/mol. The van der Waals surface area contributed by atoms with Crippen molar-refractivity contribution >= 4 is 27.3 Å². The minimum absolute atomic E-state index is 0.0941. The quantitative estimate of drug-likeness (QED) is 0.730. The topological polar surface area (TPSA) is 92.6 Å². The highest BCUT2D eigenvalue weighted by atomic mass is 32.2. The second-order valence-electron chi connectivity index (χ2n) is 5.68. The Kier molecular flexibility index (Phi) is 4.56. The lowest BCUT2D eigenvalue weighted by Gasteiger charge is -2.07. The summed E-state index contributed by atoms with van der Waals surface area (Å²) in [7, 11) is -3.66. The Hall–Kier alpha value is -2.71. The van der Waals surface area contributed by atoms with E-state index in [1.165, 1.54) is 19.1 Å². The highest BCUT2D eigenvalue weighted by Gasteiger charge is 2.15. The number of nitrogens with one attached hydrogen (secondary N) is 2. The van der Waals surface area contributed by atoms with Crippen LogP contribution < -0.4 is 10.0 Å². The molecule has 8 heteroatoms. The summed E-state index contributed by atoms with van der Waals surface area (Å²) < 4.78 is 29.2. The third kappa shape index (κ3) is 3.86. The van der Waals surface area contributed by atoms with Crippen LogP contribution in [0.1, 0.15) is 18.2 Å². The predicted octanol–water partition coefficient (Wildman–Crippen LogP) is 2.08. The third-order valence-corrected chi connectivity index (χ3v) is 5.07. The number of pyridine rings is 1. The Morgan fingerprint density at radius 3 is 2.56 bits per heavy atom. The molecule has 0 saturated heterocycles. The van der Waals surface area contributed by atoms with Gasteiger partial charge in [-0.25, -0.2) is 18.1 Å². The van der Waals surface area contributed by atoms with E-state index in [-0.39, 0.29) is 17.3 Å². The fraction of sp³-hybridized carbons (Fsp3) is 0.176. The molecule has 0 unspecified atom stereocenters. The van der Waals surface area contributed by atoms with Gasteiger partial charge in [-0.2, -0.15) is 0 Å². The first-order chi connectivity index (χ1) is 11.8. The number of amides is 1. The fourth-order valence-electron chi connectivity index (χ4n) is 2.46. The van der Waals surface area contributed by atoms with Crippen LogP contribution in [0.15, 0.2) is 53.7 Å². The molecule has 0 aliphatic rings. The minimum atomic E-state index is -3.66. The third-order valence-electron chi connectivity index (χ3n) is 3.66. The van der Waals surface area contributed by atoms with Crippen LogP contribution in [-0.2, 0) is 21.4 Å². The number of sulfonamides is 1. The molecule has 2 N–H and O–H groups in total. The van der Waals surface area contributed by atoms with Crippen molar-refractivity contribution in [3.63, 3.8) is 0 Å². The van der Waals surface area contributed by atoms with Gasteiger partial charge in [-0.3, -0.25) is 4.79 Å². The zero-order valence-electron chi connectivity index (χ0n) is 13.9. The number of fused-ring (bicyclic) bond motifs is 1. The van der Waals surface area contributed by atoms with Gasteiger partial charge in [0, 0.05) is 25.0 Å². The van der Waals surface area contributed by atoms with E-state index in [4.69, 9.17) is 0 Å². The zero-order valence-corrected chi connectivity index (χ0v) is 14.7. The number of carbonyl (C=O) groups is 1. The van der Waals surface area contributed by atoms with Gasteiger partial charge < -0.3 is 9.72 Å². The van der Waals surface area contributed by atoms with Crippen molar-refractivity contribution in [3.05, 3.63) is 60.0 Å². The number of benzene rings is 1. The number of aryl methyl sites for hydroxylation is 1. The lowest BCUT2D eigenvalue weighted by atomic mass is 10.3. The number of hydrogen-bond acceptors (Lipinski definition) is 4. The van der Waals surface area contributed by atoms with Gasteiger partial charge in [0.15, 0.2) is 0 Å². The molecule has 0 radical (unpaired) electrons. The maximum atomic E-state index is 12.4. The molecule has 0 saturated carbocycles. The summed E-state index contributed by atoms with van der Waals surface area (Å²) >= 11 is 0. The molecule has 1 amide bonds. The largest absolute Gasteiger partial charge is 0.326 e. The Morgan fingerprint density at radius 2 is 1.92 bits per heavy atom. The van der Waals surface area contributed by atoms with E-state index >= 15 is 0 Å². The normalized spacial score (nSPS) is 11.6. The average molecular weight is 358 g/mol. The molecule has 25 heavy (non-hydrogen) atoms. The van der Waals surface area contributed by atoms with Gasteiger partial charge in [-0.15, -0.1) is 0 Å². The van der Waals surface area contributed by atoms with Crippen LogP contribution in [0.3, 0.4) is 0 Å². The smallest absolute Gasteiger partial charge is 0.240 e. The fourth-order valence-corrected chi connectivity index (χ4v) is 3.46. The maximum Gasteiger partial charge on any atom is 0.240 e. The number of rotatable bonds is 5. The van der Waals surface area contributed by atoms with Gasteiger partial charge in [0.2, 0.25) is 15.9 Å². The molecule has 0 spiro atoms. The number of carbonyl (C=O) groups excluding carboxylic acids is 1. The van der Waals surface area contributed by atoms with Crippen LogP contribution in [0, 0.1) is 6.92 Å². The van der Waals surface area contributed by atoms with Crippen molar-refractivity contribution in [2.24, 2.45) is 0 Å². The van der Waals surface area contributed by atoms with E-state index in [1.807, 2.05) is 29.7 Å². The molecule has 7 nitrogen and oxygen atoms in total. The second kappa shape index (κ2) is 6.66. The van der Waals surface area contributed by atoms with Gasteiger partial charge in [0.1, 0.15) is 5.65 Å². The van der Waals surface area contributed by atoms with Crippen LogP contribution in [-0.4, -0.2) is 23.7 Å². The molecule has 0 fully saturated rings. The van der Waals surface area contributed by atoms with E-state index in [2.05, 4.69) is 15.0 Å². The molecular formula is C17H18N4O3S. The highest BCUT2D eigenvalue weighted by molar-refractivity contribution is 7.89. The van der Waals surface area contributed by atoms with Crippen molar-refractivity contribution < 1.29 is 13.2 Å². The summed E-state index contributed by atoms with van der Waals surface area (Å²) in [6, 6.07) is 9.85. The number of anilines is 1. The van der Waals surface area contributed by atoms with Gasteiger partial charge in [-0.1, -0.05) is 6.07 Å². The van der Waals surface area contributed by atoms with Crippen molar-refractivity contribution in [3.8, 4) is 0 Å². The molecule has 130 valence electrons. The van der Waals surface area contributed by atoms with Crippen LogP contribution in [0.4, 0.5) is 5.69 Å². The molecule has 2 heterocycles. The standard InChI is InChI=1S/C17H18N4O3S/c1-12-4-3-9-21-11-15(20-17(12)21)10-18-25(23,24)16-7-5-14(6-8-16)19-13(2)22/h3-9,11,18H,10H2,1-2H3,(H,19,22). The zero-order chi connectivity index (χ0) is 18.0. The molecule has 2 aromatic heterocycles. The lowest BCUT2D eigenvalue weighted by Crippen LogP contribution is -2.23. The molecule has 3 rings (SSSR count). The number of imidazole rings is 1. The first-order valence-corrected chi connectivity index (χ1v) is 9.14. The molecule has 0 aliphatic carbocycles. The van der Waals surface area contributed by atoms with Crippen molar-refractivity contribution in [2.75, 3.05) is 5.32 Å². The maximum absolute atomic E-state index is 12.4. The van der Waals surface area contributed by atoms with Crippen molar-refractivity contribution in [2.45, 2.75) is 25.3 Å². The first-order valence-electron chi connectivity index (χ1n) is 7.66. The summed E-state index contributed by atoms with van der Waals surface area (Å²) in [5.41, 5.74) is 3.00. The molecular weight excluding hydrogens is 340 g/mol. The van der Waals surface area contributed by atoms with Crippen LogP contribution in [0.25, 0.3) is 5.65 Å². The summed E-state index contributed by atoms with van der Waals surface area (Å²) in [5.74, 6) is -0.212. The second-order valence-corrected chi connectivity index (χ2v) is 7.45. The Labute approximate surface area is 145 Å².